The molecule has 2 atom stereocenters. The van der Waals surface area contributed by atoms with Gasteiger partial charge in [0.25, 0.3) is 5.91 Å². The monoisotopic (exact) mass is 498 g/mol. The van der Waals surface area contributed by atoms with Gasteiger partial charge in [-0.3, -0.25) is 4.79 Å². The zero-order valence-corrected chi connectivity index (χ0v) is 21.3. The van der Waals surface area contributed by atoms with Crippen LogP contribution in [-0.4, -0.2) is 35.0 Å². The van der Waals surface area contributed by atoms with Gasteiger partial charge in [0.1, 0.15) is 6.04 Å². The normalized spacial score (nSPS) is 12.7. The van der Waals surface area contributed by atoms with Crippen LogP contribution in [0.2, 0.25) is 10.0 Å². The second kappa shape index (κ2) is 10.5. The molecule has 0 spiro atoms. The molecule has 34 heavy (non-hydrogen) atoms. The van der Waals surface area contributed by atoms with Gasteiger partial charge in [0.15, 0.2) is 0 Å². The summed E-state index contributed by atoms with van der Waals surface area (Å²) in [6.07, 6.45) is 0. The maximum absolute atomic E-state index is 12.7. The van der Waals surface area contributed by atoms with Crippen molar-refractivity contribution >= 4 is 40.8 Å². The van der Waals surface area contributed by atoms with Crippen LogP contribution in [0.3, 0.4) is 0 Å². The van der Waals surface area contributed by atoms with Crippen molar-refractivity contribution in [2.75, 3.05) is 12.4 Å². The molecule has 1 amide bonds. The topological polar surface area (TPSA) is 69.6 Å². The number of aryl methyl sites for hydroxylation is 2. The zero-order chi connectivity index (χ0) is 25.2. The lowest BCUT2D eigenvalue weighted by molar-refractivity contribution is -0.141. The SMILES string of the molecule is Cc1cc(C(C)Nc2cccc(-c3ccc(C(=O)N(C)[C@@H](C)C(=O)O)c(Cl)c3)c2)cc(C)c1Cl. The Morgan fingerprint density at radius 3 is 2.15 bits per heavy atom. The van der Waals surface area contributed by atoms with E-state index in [1.54, 1.807) is 12.1 Å². The second-order valence-corrected chi connectivity index (χ2v) is 9.33. The Labute approximate surface area is 210 Å². The molecular weight excluding hydrogens is 471 g/mol. The third-order valence-corrected chi connectivity index (χ3v) is 6.90. The smallest absolute Gasteiger partial charge is 0.326 e. The fraction of sp³-hybridized carbons (Fsp3) is 0.259. The predicted molar refractivity (Wildman–Crippen MR) is 139 cm³/mol. The number of carboxylic acid groups (broad SMARTS) is 1. The number of benzene rings is 3. The third-order valence-electron chi connectivity index (χ3n) is 6.00. The van der Waals surface area contributed by atoms with Crippen LogP contribution >= 0.6 is 23.2 Å². The van der Waals surface area contributed by atoms with E-state index in [0.29, 0.717) is 0 Å². The van der Waals surface area contributed by atoms with Crippen LogP contribution in [-0.2, 0) is 4.79 Å². The molecule has 0 bridgehead atoms. The van der Waals surface area contributed by atoms with Gasteiger partial charge in [0.05, 0.1) is 10.6 Å². The number of carboxylic acids is 1. The summed E-state index contributed by atoms with van der Waals surface area (Å²) in [6, 6.07) is 16.4. The van der Waals surface area contributed by atoms with Gasteiger partial charge in [0, 0.05) is 23.8 Å². The summed E-state index contributed by atoms with van der Waals surface area (Å²) in [5.41, 5.74) is 6.24. The summed E-state index contributed by atoms with van der Waals surface area (Å²) in [6.45, 7) is 7.56. The van der Waals surface area contributed by atoms with Crippen LogP contribution in [0.4, 0.5) is 5.69 Å². The fourth-order valence-electron chi connectivity index (χ4n) is 3.75. The summed E-state index contributed by atoms with van der Waals surface area (Å²) in [4.78, 5) is 25.1. The molecular formula is C27H28Cl2N2O3. The number of hydrogen-bond donors (Lipinski definition) is 2. The van der Waals surface area contributed by atoms with Crippen molar-refractivity contribution in [3.63, 3.8) is 0 Å². The molecule has 0 aliphatic carbocycles. The minimum atomic E-state index is -1.08. The maximum atomic E-state index is 12.7. The number of anilines is 1. The molecule has 0 aliphatic heterocycles. The van der Waals surface area contributed by atoms with E-state index in [9.17, 15) is 14.7 Å². The van der Waals surface area contributed by atoms with E-state index < -0.39 is 17.9 Å². The van der Waals surface area contributed by atoms with E-state index in [4.69, 9.17) is 23.2 Å². The molecule has 178 valence electrons. The van der Waals surface area contributed by atoms with Gasteiger partial charge >= 0.3 is 5.97 Å². The van der Waals surface area contributed by atoms with E-state index in [2.05, 4.69) is 24.4 Å². The first-order chi connectivity index (χ1) is 16.0. The number of aliphatic carboxylic acids is 1. The first-order valence-corrected chi connectivity index (χ1v) is 11.7. The molecule has 3 aromatic carbocycles. The van der Waals surface area contributed by atoms with Crippen LogP contribution in [0.15, 0.2) is 54.6 Å². The number of halogens is 2. The Morgan fingerprint density at radius 1 is 0.941 bits per heavy atom. The third kappa shape index (κ3) is 5.54. The molecule has 0 aliphatic rings. The van der Waals surface area contributed by atoms with E-state index >= 15 is 0 Å². The van der Waals surface area contributed by atoms with E-state index in [-0.39, 0.29) is 16.6 Å². The van der Waals surface area contributed by atoms with Crippen LogP contribution in [0.25, 0.3) is 11.1 Å². The molecule has 0 radical (unpaired) electrons. The lowest BCUT2D eigenvalue weighted by Gasteiger charge is -2.22. The highest BCUT2D eigenvalue weighted by molar-refractivity contribution is 6.34. The Kier molecular flexibility index (Phi) is 7.90. The van der Waals surface area contributed by atoms with Gasteiger partial charge in [-0.2, -0.15) is 0 Å². The highest BCUT2D eigenvalue weighted by Crippen LogP contribution is 2.31. The number of carbonyl (C=O) groups is 2. The second-order valence-electron chi connectivity index (χ2n) is 8.54. The van der Waals surface area contributed by atoms with Crippen LogP contribution in [0.1, 0.15) is 46.9 Å². The predicted octanol–water partition coefficient (Wildman–Crippen LogP) is 7.00. The molecule has 7 heteroatoms. The number of nitrogens with one attached hydrogen (secondary N) is 1. The summed E-state index contributed by atoms with van der Waals surface area (Å²) >= 11 is 12.7. The molecule has 0 saturated carbocycles. The van der Waals surface area contributed by atoms with Gasteiger partial charge in [0.2, 0.25) is 0 Å². The standard InChI is InChI=1S/C27H28Cl2N2O3/c1-15-11-21(12-16(2)25(15)29)17(3)30-22-8-6-7-19(13-22)20-9-10-23(24(28)14-20)26(32)31(5)18(4)27(33)34/h6-14,17-18,30H,1-5H3,(H,33,34)/t17?,18-/m0/s1. The minimum absolute atomic E-state index is 0.0697. The quantitative estimate of drug-likeness (QED) is 0.368. The average molecular weight is 499 g/mol. The van der Waals surface area contributed by atoms with Gasteiger partial charge in [-0.15, -0.1) is 0 Å². The molecule has 0 heterocycles. The van der Waals surface area contributed by atoms with Crippen molar-refractivity contribution in [1.82, 2.24) is 4.90 Å². The van der Waals surface area contributed by atoms with E-state index in [1.165, 1.54) is 14.0 Å². The Bertz CT molecular complexity index is 1220. The summed E-state index contributed by atoms with van der Waals surface area (Å²) < 4.78 is 0. The van der Waals surface area contributed by atoms with Crippen LogP contribution in [0, 0.1) is 13.8 Å². The van der Waals surface area contributed by atoms with Crippen LogP contribution in [0.5, 0.6) is 0 Å². The van der Waals surface area contributed by atoms with Crippen molar-refractivity contribution < 1.29 is 14.7 Å². The number of likely N-dealkylation sites (N-methyl/N-ethyl adjacent to an activating group) is 1. The van der Waals surface area contributed by atoms with Gasteiger partial charge < -0.3 is 15.3 Å². The van der Waals surface area contributed by atoms with Gasteiger partial charge in [-0.05, 0) is 79.8 Å². The highest BCUT2D eigenvalue weighted by atomic mass is 35.5. The summed E-state index contributed by atoms with van der Waals surface area (Å²) in [7, 11) is 1.45. The largest absolute Gasteiger partial charge is 0.480 e. The van der Waals surface area contributed by atoms with Crippen molar-refractivity contribution in [1.29, 1.82) is 0 Å². The first kappa shape index (κ1) is 25.6. The molecule has 3 rings (SSSR count). The van der Waals surface area contributed by atoms with Crippen molar-refractivity contribution in [2.24, 2.45) is 0 Å². The number of amides is 1. The molecule has 1 unspecified atom stereocenters. The van der Waals surface area contributed by atoms with Gasteiger partial charge in [-0.25, -0.2) is 4.79 Å². The number of hydrogen-bond acceptors (Lipinski definition) is 3. The number of rotatable bonds is 7. The van der Waals surface area contributed by atoms with E-state index in [1.807, 2.05) is 44.2 Å². The molecule has 5 nitrogen and oxygen atoms in total. The minimum Gasteiger partial charge on any atom is -0.480 e. The zero-order valence-electron chi connectivity index (χ0n) is 19.8. The molecule has 0 aromatic heterocycles. The molecule has 2 N–H and O–H groups in total. The summed E-state index contributed by atoms with van der Waals surface area (Å²) in [5, 5.41) is 13.8. The molecule has 3 aromatic rings. The number of nitrogens with zero attached hydrogens (tertiary/aromatic N) is 1. The first-order valence-electron chi connectivity index (χ1n) is 10.9. The Morgan fingerprint density at radius 2 is 1.56 bits per heavy atom. The highest BCUT2D eigenvalue weighted by Gasteiger charge is 2.24. The fourth-order valence-corrected chi connectivity index (χ4v) is 4.12. The molecule has 0 saturated heterocycles. The van der Waals surface area contributed by atoms with Gasteiger partial charge in [-0.1, -0.05) is 53.5 Å². The number of carbonyl (C=O) groups excluding carboxylic acids is 1. The maximum Gasteiger partial charge on any atom is 0.326 e. The summed E-state index contributed by atoms with van der Waals surface area (Å²) in [5.74, 6) is -1.52. The molecule has 0 fully saturated rings. The van der Waals surface area contributed by atoms with Crippen LogP contribution < -0.4 is 5.32 Å². The van der Waals surface area contributed by atoms with Crippen molar-refractivity contribution in [3.8, 4) is 11.1 Å². The van der Waals surface area contributed by atoms with Crippen molar-refractivity contribution in [3.05, 3.63) is 86.9 Å². The lowest BCUT2D eigenvalue weighted by Crippen LogP contribution is -2.40. The Balaban J connectivity index is 1.82. The average Bonchev–Trinajstić information content (AvgIpc) is 2.80. The Hall–Kier alpha value is -3.02. The van der Waals surface area contributed by atoms with Crippen molar-refractivity contribution in [2.45, 2.75) is 39.8 Å². The lowest BCUT2D eigenvalue weighted by atomic mass is 10.0. The van der Waals surface area contributed by atoms with E-state index in [0.717, 1.165) is 43.4 Å².